The lowest BCUT2D eigenvalue weighted by Crippen LogP contribution is -2.59. The predicted molar refractivity (Wildman–Crippen MR) is 119 cm³/mol. The van der Waals surface area contributed by atoms with Gasteiger partial charge in [-0.15, -0.1) is 11.3 Å². The van der Waals surface area contributed by atoms with E-state index in [4.69, 9.17) is 16.3 Å². The van der Waals surface area contributed by atoms with Crippen molar-refractivity contribution in [1.29, 1.82) is 0 Å². The maximum Gasteiger partial charge on any atom is 0.224 e. The molecule has 0 radical (unpaired) electrons. The fourth-order valence-corrected chi connectivity index (χ4v) is 6.86. The molecule has 158 valence electrons. The molecular formula is C21H31ClN5OS+. The highest BCUT2D eigenvalue weighted by molar-refractivity contribution is 7.19. The highest BCUT2D eigenvalue weighted by atomic mass is 35.5. The van der Waals surface area contributed by atoms with Crippen molar-refractivity contribution in [2.24, 2.45) is 0 Å². The number of thiophene rings is 1. The third kappa shape index (κ3) is 4.12. The zero-order chi connectivity index (χ0) is 19.7. The van der Waals surface area contributed by atoms with Crippen molar-refractivity contribution in [2.45, 2.75) is 44.7 Å². The van der Waals surface area contributed by atoms with Crippen LogP contribution in [-0.4, -0.2) is 73.0 Å². The lowest BCUT2D eigenvalue weighted by molar-refractivity contribution is -0.968. The summed E-state index contributed by atoms with van der Waals surface area (Å²) in [6.07, 6.45) is 6.71. The molecule has 1 N–H and O–H groups in total. The number of likely N-dealkylation sites (tertiary alicyclic amines) is 1. The van der Waals surface area contributed by atoms with Gasteiger partial charge in [0.1, 0.15) is 6.54 Å². The first-order valence-electron chi connectivity index (χ1n) is 11.1. The van der Waals surface area contributed by atoms with E-state index in [1.54, 1.807) is 0 Å². The SMILES string of the molecule is Clc1nc(N2CCOCC2)c2sc(C[N+]3(C4CCNCC4)CCCCC3)cc2n1. The molecule has 8 heteroatoms. The summed E-state index contributed by atoms with van der Waals surface area (Å²) in [5, 5.41) is 3.90. The summed E-state index contributed by atoms with van der Waals surface area (Å²) < 4.78 is 7.98. The minimum absolute atomic E-state index is 0.351. The van der Waals surface area contributed by atoms with Gasteiger partial charge in [-0.2, -0.15) is 4.98 Å². The molecule has 0 atom stereocenters. The van der Waals surface area contributed by atoms with E-state index in [-0.39, 0.29) is 0 Å². The fraction of sp³-hybridized carbons (Fsp3) is 0.714. The van der Waals surface area contributed by atoms with Crippen molar-refractivity contribution in [3.8, 4) is 0 Å². The second-order valence-corrected chi connectivity index (χ2v) is 10.2. The molecule has 3 saturated heterocycles. The van der Waals surface area contributed by atoms with E-state index in [1.165, 1.54) is 72.3 Å². The molecule has 0 aromatic carbocycles. The summed E-state index contributed by atoms with van der Waals surface area (Å²) in [4.78, 5) is 12.9. The van der Waals surface area contributed by atoms with E-state index in [0.29, 0.717) is 5.28 Å². The average Bonchev–Trinajstić information content (AvgIpc) is 3.17. The van der Waals surface area contributed by atoms with Gasteiger partial charge in [0, 0.05) is 39.0 Å². The highest BCUT2D eigenvalue weighted by Gasteiger charge is 2.39. The van der Waals surface area contributed by atoms with Crippen LogP contribution in [-0.2, 0) is 11.3 Å². The molecule has 3 aliphatic rings. The number of piperidine rings is 2. The lowest BCUT2D eigenvalue weighted by atomic mass is 9.96. The lowest BCUT2D eigenvalue weighted by Gasteiger charge is -2.48. The third-order valence-electron chi connectivity index (χ3n) is 6.95. The second-order valence-electron chi connectivity index (χ2n) is 8.71. The molecule has 0 amide bonds. The molecule has 3 aliphatic heterocycles. The quantitative estimate of drug-likeness (QED) is 0.587. The number of nitrogens with one attached hydrogen (secondary N) is 1. The van der Waals surface area contributed by atoms with Crippen molar-refractivity contribution >= 4 is 39.0 Å². The first-order chi connectivity index (χ1) is 14.2. The van der Waals surface area contributed by atoms with E-state index < -0.39 is 0 Å². The maximum absolute atomic E-state index is 6.31. The number of hydrogen-bond acceptors (Lipinski definition) is 6. The van der Waals surface area contributed by atoms with Crippen LogP contribution in [0.5, 0.6) is 0 Å². The van der Waals surface area contributed by atoms with Crippen LogP contribution in [0.1, 0.15) is 37.0 Å². The molecule has 2 aromatic rings. The smallest absolute Gasteiger partial charge is 0.224 e. The topological polar surface area (TPSA) is 50.3 Å². The Morgan fingerprint density at radius 2 is 1.90 bits per heavy atom. The summed E-state index contributed by atoms with van der Waals surface area (Å²) in [5.74, 6) is 0.992. The van der Waals surface area contributed by atoms with E-state index in [0.717, 1.165) is 50.2 Å². The Morgan fingerprint density at radius 1 is 1.14 bits per heavy atom. The molecule has 3 fully saturated rings. The Labute approximate surface area is 181 Å². The van der Waals surface area contributed by atoms with Crippen LogP contribution < -0.4 is 10.2 Å². The summed E-state index contributed by atoms with van der Waals surface area (Å²) in [6, 6.07) is 3.07. The molecular weight excluding hydrogens is 406 g/mol. The van der Waals surface area contributed by atoms with Gasteiger partial charge in [-0.25, -0.2) is 4.98 Å². The zero-order valence-corrected chi connectivity index (χ0v) is 18.6. The van der Waals surface area contributed by atoms with Crippen molar-refractivity contribution in [3.63, 3.8) is 0 Å². The van der Waals surface area contributed by atoms with Crippen LogP contribution in [0.15, 0.2) is 6.07 Å². The van der Waals surface area contributed by atoms with Gasteiger partial charge in [0.25, 0.3) is 0 Å². The minimum atomic E-state index is 0.351. The van der Waals surface area contributed by atoms with Gasteiger partial charge in [-0.1, -0.05) is 0 Å². The van der Waals surface area contributed by atoms with E-state index >= 15 is 0 Å². The second kappa shape index (κ2) is 8.63. The normalized spacial score (nSPS) is 23.6. The first-order valence-corrected chi connectivity index (χ1v) is 12.3. The van der Waals surface area contributed by atoms with Crippen LogP contribution in [0, 0.1) is 0 Å². The number of fused-ring (bicyclic) bond motifs is 1. The number of anilines is 1. The molecule has 0 spiro atoms. The third-order valence-corrected chi connectivity index (χ3v) is 8.22. The van der Waals surface area contributed by atoms with Gasteiger partial charge in [0.05, 0.1) is 47.4 Å². The van der Waals surface area contributed by atoms with Gasteiger partial charge >= 0.3 is 0 Å². The number of aromatic nitrogens is 2. The number of nitrogens with zero attached hydrogens (tertiary/aromatic N) is 4. The van der Waals surface area contributed by atoms with Gasteiger partial charge in [-0.05, 0) is 36.9 Å². The van der Waals surface area contributed by atoms with Crippen LogP contribution in [0.2, 0.25) is 5.28 Å². The van der Waals surface area contributed by atoms with E-state index in [2.05, 4.69) is 26.3 Å². The van der Waals surface area contributed by atoms with Crippen LogP contribution in [0.4, 0.5) is 5.82 Å². The highest BCUT2D eigenvalue weighted by Crippen LogP contribution is 2.37. The average molecular weight is 437 g/mol. The molecule has 5 heterocycles. The van der Waals surface area contributed by atoms with E-state index in [1.807, 2.05) is 11.3 Å². The van der Waals surface area contributed by atoms with Crippen molar-refractivity contribution in [1.82, 2.24) is 15.3 Å². The van der Waals surface area contributed by atoms with Gasteiger partial charge < -0.3 is 19.4 Å². The molecule has 0 unspecified atom stereocenters. The van der Waals surface area contributed by atoms with Crippen molar-refractivity contribution in [3.05, 3.63) is 16.2 Å². The molecule has 29 heavy (non-hydrogen) atoms. The number of ether oxygens (including phenoxy) is 1. The van der Waals surface area contributed by atoms with Crippen molar-refractivity contribution < 1.29 is 9.22 Å². The van der Waals surface area contributed by atoms with Crippen LogP contribution in [0.25, 0.3) is 10.2 Å². The predicted octanol–water partition coefficient (Wildman–Crippen LogP) is 3.43. The van der Waals surface area contributed by atoms with Gasteiger partial charge in [0.2, 0.25) is 5.28 Å². The number of hydrogen-bond donors (Lipinski definition) is 1. The molecule has 5 rings (SSSR count). The maximum atomic E-state index is 6.31. The summed E-state index contributed by atoms with van der Waals surface area (Å²) in [7, 11) is 0. The largest absolute Gasteiger partial charge is 0.378 e. The van der Waals surface area contributed by atoms with Gasteiger partial charge in [0.15, 0.2) is 5.82 Å². The van der Waals surface area contributed by atoms with Crippen molar-refractivity contribution in [2.75, 3.05) is 57.4 Å². The Bertz CT molecular complexity index is 841. The Hall–Kier alpha value is -0.990. The van der Waals surface area contributed by atoms with Crippen LogP contribution in [0.3, 0.4) is 0 Å². The number of quaternary nitrogens is 1. The summed E-state index contributed by atoms with van der Waals surface area (Å²) >= 11 is 8.19. The monoisotopic (exact) mass is 436 g/mol. The number of rotatable bonds is 4. The summed E-state index contributed by atoms with van der Waals surface area (Å²) in [5.41, 5.74) is 1.01. The van der Waals surface area contributed by atoms with E-state index in [9.17, 15) is 0 Å². The molecule has 0 saturated carbocycles. The standard InChI is InChI=1S/C21H31ClN5OS/c22-21-24-18-14-17(29-19(18)20(25-21)26-8-12-28-13-9-26)15-27(10-2-1-3-11-27)16-4-6-23-7-5-16/h14,16,23H,1-13,15H2/q+1. The Morgan fingerprint density at radius 3 is 2.66 bits per heavy atom. The summed E-state index contributed by atoms with van der Waals surface area (Å²) in [6.45, 7) is 9.33. The Balaban J connectivity index is 1.47. The fourth-order valence-electron chi connectivity index (χ4n) is 5.46. The number of morpholine rings is 1. The van der Waals surface area contributed by atoms with Crippen LogP contribution >= 0.6 is 22.9 Å². The molecule has 6 nitrogen and oxygen atoms in total. The van der Waals surface area contributed by atoms with Gasteiger partial charge in [-0.3, -0.25) is 0 Å². The molecule has 0 aliphatic carbocycles. The molecule has 2 aromatic heterocycles. The minimum Gasteiger partial charge on any atom is -0.378 e. The zero-order valence-electron chi connectivity index (χ0n) is 17.0. The number of halogens is 1. The molecule has 0 bridgehead atoms. The Kier molecular flexibility index (Phi) is 5.94. The first kappa shape index (κ1) is 19.9.